The summed E-state index contributed by atoms with van der Waals surface area (Å²) in [6.07, 6.45) is 0. The van der Waals surface area contributed by atoms with Gasteiger partial charge in [-0.2, -0.15) is 5.10 Å². The number of thioether (sulfide) groups is 1. The number of ether oxygens (including phenoxy) is 3. The highest BCUT2D eigenvalue weighted by molar-refractivity contribution is 8.00. The molecule has 0 saturated heterocycles. The van der Waals surface area contributed by atoms with Crippen LogP contribution in [0, 0.1) is 0 Å². The molecule has 5 aromatic rings. The van der Waals surface area contributed by atoms with Gasteiger partial charge in [0.25, 0.3) is 0 Å². The first kappa shape index (κ1) is 27.6. The molecule has 0 aliphatic carbocycles. The van der Waals surface area contributed by atoms with Crippen molar-refractivity contribution in [2.24, 2.45) is 0 Å². The van der Waals surface area contributed by atoms with Crippen molar-refractivity contribution in [2.75, 3.05) is 36.4 Å². The minimum absolute atomic E-state index is 0.156. The fraction of sp³-hybridized carbons (Fsp3) is 0.147. The number of carbonyl (C=O) groups excluding carboxylic acids is 2. The number of anilines is 2. The quantitative estimate of drug-likeness (QED) is 0.241. The lowest BCUT2D eigenvalue weighted by atomic mass is 9.99. The Balaban J connectivity index is 1.42. The Morgan fingerprint density at radius 2 is 1.68 bits per heavy atom. The minimum atomic E-state index is -0.314. The summed E-state index contributed by atoms with van der Waals surface area (Å²) in [6.45, 7) is -0.0273. The molecule has 9 nitrogen and oxygen atoms in total. The number of para-hydroxylation sites is 1. The van der Waals surface area contributed by atoms with Crippen molar-refractivity contribution in [3.05, 3.63) is 114 Å². The number of methoxy groups -OCH3 is 1. The van der Waals surface area contributed by atoms with Crippen molar-refractivity contribution in [1.29, 1.82) is 0 Å². The van der Waals surface area contributed by atoms with Gasteiger partial charge in [-0.1, -0.05) is 54.6 Å². The first-order valence-electron chi connectivity index (χ1n) is 14.1. The molecule has 1 aromatic heterocycles. The lowest BCUT2D eigenvalue weighted by Crippen LogP contribution is -2.40. The largest absolute Gasteiger partial charge is 0.497 e. The summed E-state index contributed by atoms with van der Waals surface area (Å²) in [4.78, 5) is 29.0. The van der Waals surface area contributed by atoms with Crippen molar-refractivity contribution in [3.8, 4) is 34.2 Å². The number of nitrogens with one attached hydrogen (secondary N) is 1. The van der Waals surface area contributed by atoms with Crippen LogP contribution in [0.4, 0.5) is 11.5 Å². The number of carbonyl (C=O) groups is 2. The van der Waals surface area contributed by atoms with Crippen molar-refractivity contribution < 1.29 is 23.8 Å². The molecule has 44 heavy (non-hydrogen) atoms. The predicted molar refractivity (Wildman–Crippen MR) is 170 cm³/mol. The molecular weight excluding hydrogens is 576 g/mol. The summed E-state index contributed by atoms with van der Waals surface area (Å²) in [7, 11) is 1.61. The summed E-state index contributed by atoms with van der Waals surface area (Å²) < 4.78 is 18.4. The number of fused-ring (bicyclic) bond motifs is 2. The number of hydrogen-bond acceptors (Lipinski definition) is 7. The Kier molecular flexibility index (Phi) is 7.41. The first-order chi connectivity index (χ1) is 21.6. The van der Waals surface area contributed by atoms with Crippen LogP contribution in [0.3, 0.4) is 0 Å². The average Bonchev–Trinajstić information content (AvgIpc) is 3.66. The lowest BCUT2D eigenvalue weighted by molar-refractivity contribution is -0.120. The third-order valence-electron chi connectivity index (χ3n) is 7.51. The van der Waals surface area contributed by atoms with E-state index in [1.165, 1.54) is 11.8 Å². The molecule has 4 aromatic carbocycles. The van der Waals surface area contributed by atoms with Gasteiger partial charge in [0.05, 0.1) is 29.5 Å². The molecule has 0 radical (unpaired) electrons. The Hall–Kier alpha value is -5.22. The van der Waals surface area contributed by atoms with E-state index in [0.29, 0.717) is 28.8 Å². The van der Waals surface area contributed by atoms with Crippen molar-refractivity contribution in [2.45, 2.75) is 5.25 Å². The van der Waals surface area contributed by atoms with E-state index in [4.69, 9.17) is 19.3 Å². The summed E-state index contributed by atoms with van der Waals surface area (Å²) in [6, 6.07) is 32.4. The van der Waals surface area contributed by atoms with E-state index in [2.05, 4.69) is 5.32 Å². The van der Waals surface area contributed by atoms with Gasteiger partial charge in [0.15, 0.2) is 11.5 Å². The fourth-order valence-corrected chi connectivity index (χ4v) is 6.62. The number of hydrogen-bond donors (Lipinski definition) is 1. The molecule has 2 aliphatic heterocycles. The van der Waals surface area contributed by atoms with Crippen LogP contribution in [0.5, 0.6) is 17.2 Å². The topological polar surface area (TPSA) is 94.9 Å². The molecular formula is C34H28N4O5S. The smallest absolute Gasteiger partial charge is 0.244 e. The fourth-order valence-electron chi connectivity index (χ4n) is 5.44. The molecule has 0 bridgehead atoms. The zero-order chi connectivity index (χ0) is 30.0. The number of aromatic nitrogens is 2. The van der Waals surface area contributed by atoms with Crippen LogP contribution in [0.25, 0.3) is 16.9 Å². The third-order valence-corrected chi connectivity index (χ3v) is 8.77. The van der Waals surface area contributed by atoms with Gasteiger partial charge in [-0.05, 0) is 54.1 Å². The molecule has 1 atom stereocenters. The number of rotatable bonds is 7. The number of nitrogens with zero attached hydrogens (tertiary/aromatic N) is 3. The van der Waals surface area contributed by atoms with Gasteiger partial charge in [-0.25, -0.2) is 4.68 Å². The van der Waals surface area contributed by atoms with Gasteiger partial charge >= 0.3 is 0 Å². The summed E-state index contributed by atoms with van der Waals surface area (Å²) >= 11 is 1.50. The van der Waals surface area contributed by atoms with Crippen LogP contribution in [0.2, 0.25) is 0 Å². The highest BCUT2D eigenvalue weighted by atomic mass is 32.2. The summed E-state index contributed by atoms with van der Waals surface area (Å²) in [5.41, 5.74) is 4.76. The lowest BCUT2D eigenvalue weighted by Gasteiger charge is -2.23. The maximum atomic E-state index is 14.0. The number of benzene rings is 4. The third kappa shape index (κ3) is 5.24. The van der Waals surface area contributed by atoms with Gasteiger partial charge in [0.2, 0.25) is 18.6 Å². The van der Waals surface area contributed by atoms with Crippen LogP contribution in [0.15, 0.2) is 103 Å². The zero-order valence-electron chi connectivity index (χ0n) is 23.8. The van der Waals surface area contributed by atoms with E-state index >= 15 is 0 Å². The minimum Gasteiger partial charge on any atom is -0.497 e. The Bertz CT molecular complexity index is 1830. The molecule has 2 amide bonds. The molecule has 2 aliphatic rings. The highest BCUT2D eigenvalue weighted by Crippen LogP contribution is 2.50. The standard InChI is InChI=1S/C34H28N4O5S/c1-41-26-15-13-25(14-16-26)38-34-31(32(36-38)22-8-4-2-5-9-22)33(23-12-17-27-28(18-23)43-21-42-27)44-20-30(40)37(34)19-29(39)35-24-10-6-3-7-11-24/h2-18,33H,19-21H2,1H3,(H,35,39). The second-order valence-corrected chi connectivity index (χ2v) is 11.4. The maximum Gasteiger partial charge on any atom is 0.244 e. The SMILES string of the molecule is COc1ccc(-n2nc(-c3ccccc3)c3c2N(CC(=O)Nc2ccccc2)C(=O)CSC3c2ccc3c(c2)OCO3)cc1. The molecule has 10 heteroatoms. The molecule has 1 N–H and O–H groups in total. The second-order valence-electron chi connectivity index (χ2n) is 10.3. The molecule has 0 saturated carbocycles. The average molecular weight is 605 g/mol. The van der Waals surface area contributed by atoms with Crippen molar-refractivity contribution >= 4 is 35.1 Å². The monoisotopic (exact) mass is 604 g/mol. The van der Waals surface area contributed by atoms with Crippen LogP contribution < -0.4 is 24.4 Å². The zero-order valence-corrected chi connectivity index (χ0v) is 24.6. The van der Waals surface area contributed by atoms with Crippen LogP contribution in [-0.2, 0) is 9.59 Å². The molecule has 0 fully saturated rings. The molecule has 7 rings (SSSR count). The Labute approximate surface area is 258 Å². The van der Waals surface area contributed by atoms with E-state index in [1.54, 1.807) is 16.7 Å². The number of amides is 2. The van der Waals surface area contributed by atoms with Crippen LogP contribution in [-0.4, -0.2) is 47.8 Å². The Morgan fingerprint density at radius 1 is 0.955 bits per heavy atom. The van der Waals surface area contributed by atoms with Crippen molar-refractivity contribution in [3.63, 3.8) is 0 Å². The molecule has 220 valence electrons. The van der Waals surface area contributed by atoms with Gasteiger partial charge < -0.3 is 19.5 Å². The van der Waals surface area contributed by atoms with Gasteiger partial charge in [-0.3, -0.25) is 14.5 Å². The summed E-state index contributed by atoms with van der Waals surface area (Å²) in [5, 5.41) is 7.77. The van der Waals surface area contributed by atoms with E-state index in [1.807, 2.05) is 103 Å². The maximum absolute atomic E-state index is 14.0. The Morgan fingerprint density at radius 3 is 2.43 bits per heavy atom. The van der Waals surface area contributed by atoms with E-state index in [9.17, 15) is 9.59 Å². The van der Waals surface area contributed by atoms with Crippen molar-refractivity contribution in [1.82, 2.24) is 9.78 Å². The molecule has 1 unspecified atom stereocenters. The normalized spacial score (nSPS) is 15.4. The van der Waals surface area contributed by atoms with Gasteiger partial charge in [0, 0.05) is 16.8 Å². The highest BCUT2D eigenvalue weighted by Gasteiger charge is 2.38. The predicted octanol–water partition coefficient (Wildman–Crippen LogP) is 6.08. The first-order valence-corrected chi connectivity index (χ1v) is 15.1. The van der Waals surface area contributed by atoms with E-state index in [-0.39, 0.29) is 36.2 Å². The van der Waals surface area contributed by atoms with Crippen LogP contribution in [0.1, 0.15) is 16.4 Å². The molecule has 0 spiro atoms. The summed E-state index contributed by atoms with van der Waals surface area (Å²) in [5.74, 6) is 2.21. The second kappa shape index (κ2) is 11.8. The molecule has 3 heterocycles. The van der Waals surface area contributed by atoms with E-state index < -0.39 is 0 Å². The van der Waals surface area contributed by atoms with E-state index in [0.717, 1.165) is 28.1 Å². The van der Waals surface area contributed by atoms with Gasteiger partial charge in [-0.15, -0.1) is 11.8 Å². The van der Waals surface area contributed by atoms with Crippen LogP contribution >= 0.6 is 11.8 Å². The van der Waals surface area contributed by atoms with Gasteiger partial charge in [0.1, 0.15) is 18.1 Å².